The second-order valence-corrected chi connectivity index (χ2v) is 8.13. The van der Waals surface area contributed by atoms with Crippen molar-refractivity contribution in [3.8, 4) is 16.6 Å². The lowest BCUT2D eigenvalue weighted by Crippen LogP contribution is -2.09. The highest BCUT2D eigenvalue weighted by atomic mass is 32.1. The molecular weight excluding hydrogens is 468 g/mol. The minimum absolute atomic E-state index is 0.123. The third-order valence-electron chi connectivity index (χ3n) is 4.76. The minimum atomic E-state index is -4.66. The quantitative estimate of drug-likeness (QED) is 0.350. The summed E-state index contributed by atoms with van der Waals surface area (Å²) in [4.78, 5) is 8.56. The van der Waals surface area contributed by atoms with Crippen molar-refractivity contribution in [3.05, 3.63) is 69.5 Å². The number of hydrogen-bond donors (Lipinski definition) is 0. The lowest BCUT2D eigenvalue weighted by molar-refractivity contribution is -0.141. The SMILES string of the molecule is CCC(OCc1ccc(C#N)c(C(F)(F)F)c1)c1sc(-c2ccc(C(F)(F)F)nc2)nc1C. The summed E-state index contributed by atoms with van der Waals surface area (Å²) in [6.45, 7) is 3.44. The Balaban J connectivity index is 1.80. The van der Waals surface area contributed by atoms with Gasteiger partial charge >= 0.3 is 12.4 Å². The van der Waals surface area contributed by atoms with Crippen molar-refractivity contribution in [2.75, 3.05) is 0 Å². The maximum Gasteiger partial charge on any atom is 0.433 e. The number of hydrogen-bond acceptors (Lipinski definition) is 5. The van der Waals surface area contributed by atoms with Gasteiger partial charge < -0.3 is 4.74 Å². The fourth-order valence-corrected chi connectivity index (χ4v) is 4.30. The Morgan fingerprint density at radius 1 is 1.09 bits per heavy atom. The van der Waals surface area contributed by atoms with Gasteiger partial charge in [-0.3, -0.25) is 4.98 Å². The maximum absolute atomic E-state index is 13.2. The van der Waals surface area contributed by atoms with Crippen LogP contribution in [0.15, 0.2) is 36.5 Å². The monoisotopic (exact) mass is 485 g/mol. The van der Waals surface area contributed by atoms with Crippen LogP contribution >= 0.6 is 11.3 Å². The van der Waals surface area contributed by atoms with Crippen LogP contribution in [-0.4, -0.2) is 9.97 Å². The highest BCUT2D eigenvalue weighted by molar-refractivity contribution is 7.15. The van der Waals surface area contributed by atoms with E-state index in [9.17, 15) is 26.3 Å². The summed E-state index contributed by atoms with van der Waals surface area (Å²) in [5.41, 5.74) is -1.21. The third kappa shape index (κ3) is 5.69. The summed E-state index contributed by atoms with van der Waals surface area (Å²) in [7, 11) is 0. The number of nitrogens with zero attached hydrogens (tertiary/aromatic N) is 3. The molecule has 2 aromatic heterocycles. The topological polar surface area (TPSA) is 58.8 Å². The van der Waals surface area contributed by atoms with E-state index in [0.29, 0.717) is 22.7 Å². The van der Waals surface area contributed by atoms with Crippen molar-refractivity contribution in [1.29, 1.82) is 5.26 Å². The van der Waals surface area contributed by atoms with Crippen molar-refractivity contribution >= 4 is 11.3 Å². The predicted molar refractivity (Wildman–Crippen MR) is 109 cm³/mol. The van der Waals surface area contributed by atoms with E-state index in [4.69, 9.17) is 10.00 Å². The molecule has 0 fully saturated rings. The molecule has 2 heterocycles. The maximum atomic E-state index is 13.2. The first-order valence-corrected chi connectivity index (χ1v) is 10.5. The van der Waals surface area contributed by atoms with Crippen molar-refractivity contribution in [2.45, 2.75) is 45.3 Å². The average Bonchev–Trinajstić information content (AvgIpc) is 3.14. The summed E-state index contributed by atoms with van der Waals surface area (Å²) < 4.78 is 83.6. The van der Waals surface area contributed by atoms with E-state index >= 15 is 0 Å². The third-order valence-corrected chi connectivity index (χ3v) is 6.06. The highest BCUT2D eigenvalue weighted by Crippen LogP contribution is 2.37. The van der Waals surface area contributed by atoms with Crippen LogP contribution in [0.3, 0.4) is 0 Å². The van der Waals surface area contributed by atoms with E-state index in [0.717, 1.165) is 29.3 Å². The molecule has 3 aromatic rings. The van der Waals surface area contributed by atoms with Crippen molar-refractivity contribution in [3.63, 3.8) is 0 Å². The van der Waals surface area contributed by atoms with E-state index in [1.165, 1.54) is 29.5 Å². The molecule has 0 spiro atoms. The molecule has 0 amide bonds. The largest absolute Gasteiger partial charge is 0.433 e. The van der Waals surface area contributed by atoms with Gasteiger partial charge in [-0.15, -0.1) is 11.3 Å². The zero-order valence-electron chi connectivity index (χ0n) is 17.4. The molecule has 0 saturated carbocycles. The Hall–Kier alpha value is -2.97. The van der Waals surface area contributed by atoms with Crippen LogP contribution in [0.5, 0.6) is 0 Å². The Kier molecular flexibility index (Phi) is 7.09. The first-order chi connectivity index (χ1) is 15.4. The zero-order chi connectivity index (χ0) is 24.4. The van der Waals surface area contributed by atoms with Gasteiger partial charge in [0.2, 0.25) is 0 Å². The second-order valence-electron chi connectivity index (χ2n) is 7.10. The van der Waals surface area contributed by atoms with Gasteiger partial charge in [-0.2, -0.15) is 31.6 Å². The van der Waals surface area contributed by atoms with Crippen LogP contribution < -0.4 is 0 Å². The summed E-state index contributed by atoms with van der Waals surface area (Å²) in [5.74, 6) is 0. The van der Waals surface area contributed by atoms with Crippen molar-refractivity contribution < 1.29 is 31.1 Å². The summed E-state index contributed by atoms with van der Waals surface area (Å²) in [6, 6.07) is 7.10. The fourth-order valence-electron chi connectivity index (χ4n) is 3.11. The van der Waals surface area contributed by atoms with Crippen LogP contribution in [0.4, 0.5) is 26.3 Å². The van der Waals surface area contributed by atoms with Crippen molar-refractivity contribution in [2.24, 2.45) is 0 Å². The van der Waals surface area contributed by atoms with Gasteiger partial charge in [0, 0.05) is 11.8 Å². The number of pyridine rings is 1. The summed E-state index contributed by atoms with van der Waals surface area (Å²) >= 11 is 1.23. The molecule has 3 rings (SSSR count). The first-order valence-electron chi connectivity index (χ1n) is 9.66. The Morgan fingerprint density at radius 3 is 2.36 bits per heavy atom. The molecule has 1 aromatic carbocycles. The molecule has 0 radical (unpaired) electrons. The molecule has 0 saturated heterocycles. The lowest BCUT2D eigenvalue weighted by Gasteiger charge is -2.16. The molecule has 174 valence electrons. The number of alkyl halides is 6. The second kappa shape index (κ2) is 9.49. The first kappa shape index (κ1) is 24.7. The van der Waals surface area contributed by atoms with Crippen LogP contribution in [0.1, 0.15) is 52.4 Å². The van der Waals surface area contributed by atoms with Crippen LogP contribution in [0, 0.1) is 18.3 Å². The van der Waals surface area contributed by atoms with Gasteiger partial charge in [0.05, 0.1) is 40.5 Å². The molecule has 1 atom stereocenters. The predicted octanol–water partition coefficient (Wildman–Crippen LogP) is 7.09. The summed E-state index contributed by atoms with van der Waals surface area (Å²) in [5, 5.41) is 9.37. The number of halogens is 6. The van der Waals surface area contributed by atoms with Gasteiger partial charge in [-0.05, 0) is 43.2 Å². The molecular formula is C22H17F6N3OS. The molecule has 0 bridgehead atoms. The molecule has 0 aliphatic rings. The number of aryl methyl sites for hydroxylation is 1. The zero-order valence-corrected chi connectivity index (χ0v) is 18.2. The Morgan fingerprint density at radius 2 is 1.82 bits per heavy atom. The number of thiazole rings is 1. The average molecular weight is 485 g/mol. The highest BCUT2D eigenvalue weighted by Gasteiger charge is 2.34. The van der Waals surface area contributed by atoms with E-state index < -0.39 is 35.3 Å². The minimum Gasteiger partial charge on any atom is -0.368 e. The molecule has 0 N–H and O–H groups in total. The normalized spacial score (nSPS) is 13.1. The number of aromatic nitrogens is 2. The smallest absolute Gasteiger partial charge is 0.368 e. The van der Waals surface area contributed by atoms with E-state index in [1.807, 2.05) is 6.92 Å². The molecule has 1 unspecified atom stereocenters. The molecule has 4 nitrogen and oxygen atoms in total. The number of rotatable bonds is 6. The molecule has 11 heteroatoms. The fraction of sp³-hybridized carbons (Fsp3) is 0.318. The standard InChI is InChI=1S/C22H17F6N3OS/c1-3-17(32-11-13-4-5-14(9-29)16(8-13)21(23,24)25)19-12(2)31-20(33-19)15-6-7-18(30-10-15)22(26,27)28/h4-8,10,17H,3,11H2,1-2H3. The van der Waals surface area contributed by atoms with Crippen molar-refractivity contribution in [1.82, 2.24) is 9.97 Å². The molecule has 0 aliphatic heterocycles. The van der Waals surface area contributed by atoms with E-state index in [2.05, 4.69) is 9.97 Å². The van der Waals surface area contributed by atoms with Crippen LogP contribution in [0.2, 0.25) is 0 Å². The van der Waals surface area contributed by atoms with E-state index in [-0.39, 0.29) is 12.2 Å². The summed E-state index contributed by atoms with van der Waals surface area (Å²) in [6.07, 6.45) is -8.09. The van der Waals surface area contributed by atoms with Crippen LogP contribution in [0.25, 0.3) is 10.6 Å². The number of ether oxygens (including phenoxy) is 1. The van der Waals surface area contributed by atoms with Gasteiger partial charge in [0.15, 0.2) is 0 Å². The molecule has 33 heavy (non-hydrogen) atoms. The Labute approximate surface area is 189 Å². The van der Waals surface area contributed by atoms with Gasteiger partial charge in [-0.1, -0.05) is 13.0 Å². The van der Waals surface area contributed by atoms with E-state index in [1.54, 1.807) is 6.92 Å². The number of benzene rings is 1. The lowest BCUT2D eigenvalue weighted by atomic mass is 10.0. The Bertz CT molecular complexity index is 1160. The number of nitriles is 1. The molecule has 0 aliphatic carbocycles. The van der Waals surface area contributed by atoms with Gasteiger partial charge in [-0.25, -0.2) is 4.98 Å². The van der Waals surface area contributed by atoms with Crippen LogP contribution in [-0.2, 0) is 23.7 Å². The van der Waals surface area contributed by atoms with Gasteiger partial charge in [0.1, 0.15) is 10.7 Å². The van der Waals surface area contributed by atoms with Gasteiger partial charge in [0.25, 0.3) is 0 Å².